The number of rotatable bonds is 3. The van der Waals surface area contributed by atoms with Gasteiger partial charge in [0.1, 0.15) is 0 Å². The highest BCUT2D eigenvalue weighted by Gasteiger charge is 2.26. The number of alkyl halides is 2. The Labute approximate surface area is 151 Å². The van der Waals surface area contributed by atoms with E-state index in [0.717, 1.165) is 24.1 Å². The summed E-state index contributed by atoms with van der Waals surface area (Å²) >= 11 is 0. The van der Waals surface area contributed by atoms with Gasteiger partial charge in [0, 0.05) is 29.2 Å². The fourth-order valence-corrected chi connectivity index (χ4v) is 3.30. The molecular formula is C17H21ClF2N4O. The molecule has 1 amide bonds. The predicted octanol–water partition coefficient (Wildman–Crippen LogP) is 3.42. The molecule has 0 saturated carbocycles. The third-order valence-electron chi connectivity index (χ3n) is 4.58. The second-order valence-corrected chi connectivity index (χ2v) is 6.04. The molecule has 5 nitrogen and oxygen atoms in total. The minimum absolute atomic E-state index is 0. The number of carbonyl (C=O) groups is 1. The van der Waals surface area contributed by atoms with Crippen LogP contribution in [0.25, 0.3) is 0 Å². The summed E-state index contributed by atoms with van der Waals surface area (Å²) in [6, 6.07) is 5.53. The molecule has 1 aliphatic heterocycles. The molecule has 136 valence electrons. The highest BCUT2D eigenvalue weighted by Crippen LogP contribution is 2.32. The maximum absolute atomic E-state index is 12.9. The minimum Gasteiger partial charge on any atom is -0.398 e. The second-order valence-electron chi connectivity index (χ2n) is 6.04. The number of nitrogen functional groups attached to an aromatic ring is 1. The van der Waals surface area contributed by atoms with Crippen LogP contribution in [0.1, 0.15) is 35.5 Å². The van der Waals surface area contributed by atoms with E-state index in [2.05, 4.69) is 5.10 Å². The molecule has 2 heterocycles. The largest absolute Gasteiger partial charge is 0.398 e. The summed E-state index contributed by atoms with van der Waals surface area (Å²) in [5, 5.41) is 3.84. The van der Waals surface area contributed by atoms with E-state index in [4.69, 9.17) is 5.73 Å². The maximum atomic E-state index is 12.9. The average Bonchev–Trinajstić information content (AvgIpc) is 2.83. The monoisotopic (exact) mass is 370 g/mol. The smallest absolute Gasteiger partial charge is 0.333 e. The van der Waals surface area contributed by atoms with Crippen molar-refractivity contribution in [1.29, 1.82) is 0 Å². The first-order valence-electron chi connectivity index (χ1n) is 7.90. The van der Waals surface area contributed by atoms with E-state index in [0.29, 0.717) is 33.9 Å². The van der Waals surface area contributed by atoms with Gasteiger partial charge in [-0.3, -0.25) is 4.79 Å². The van der Waals surface area contributed by atoms with Crippen molar-refractivity contribution in [3.63, 3.8) is 0 Å². The number of halogens is 3. The number of hydrogen-bond acceptors (Lipinski definition) is 3. The van der Waals surface area contributed by atoms with Gasteiger partial charge in [0.15, 0.2) is 0 Å². The van der Waals surface area contributed by atoms with Crippen molar-refractivity contribution < 1.29 is 13.6 Å². The Hall–Kier alpha value is -2.15. The van der Waals surface area contributed by atoms with Crippen LogP contribution in [0, 0.1) is 13.8 Å². The number of anilines is 2. The standard InChI is InChI=1S/C17H20F2N4O.ClH/c1-10-13(11(2)23(21-10)17(18)19)9-16(24)22-8-4-5-12-14(20)6-3-7-15(12)22;/h3,6-7,17H,4-5,8-9,20H2,1-2H3;1H. The van der Waals surface area contributed by atoms with Gasteiger partial charge in [-0.15, -0.1) is 12.4 Å². The van der Waals surface area contributed by atoms with Gasteiger partial charge in [0.05, 0.1) is 12.1 Å². The third-order valence-corrected chi connectivity index (χ3v) is 4.58. The minimum atomic E-state index is -2.71. The lowest BCUT2D eigenvalue weighted by Gasteiger charge is -2.30. The Morgan fingerprint density at radius 2 is 2.08 bits per heavy atom. The van der Waals surface area contributed by atoms with Crippen LogP contribution in [-0.4, -0.2) is 22.2 Å². The Morgan fingerprint density at radius 3 is 2.72 bits per heavy atom. The molecule has 2 aromatic rings. The van der Waals surface area contributed by atoms with Crippen LogP contribution >= 0.6 is 12.4 Å². The van der Waals surface area contributed by atoms with Gasteiger partial charge in [-0.1, -0.05) is 6.07 Å². The molecule has 0 spiro atoms. The molecule has 0 fully saturated rings. The first-order valence-corrected chi connectivity index (χ1v) is 7.90. The van der Waals surface area contributed by atoms with Crippen LogP contribution in [0.4, 0.5) is 20.2 Å². The van der Waals surface area contributed by atoms with Crippen molar-refractivity contribution in [1.82, 2.24) is 9.78 Å². The van der Waals surface area contributed by atoms with E-state index in [1.807, 2.05) is 18.2 Å². The Kier molecular flexibility index (Phi) is 5.67. The quantitative estimate of drug-likeness (QED) is 0.842. The highest BCUT2D eigenvalue weighted by atomic mass is 35.5. The van der Waals surface area contributed by atoms with Gasteiger partial charge in [-0.2, -0.15) is 13.9 Å². The van der Waals surface area contributed by atoms with Crippen molar-refractivity contribution in [2.75, 3.05) is 17.2 Å². The van der Waals surface area contributed by atoms with Gasteiger partial charge in [-0.25, -0.2) is 4.68 Å². The zero-order chi connectivity index (χ0) is 17.4. The molecule has 0 unspecified atom stereocenters. The molecule has 0 saturated heterocycles. The summed E-state index contributed by atoms with van der Waals surface area (Å²) in [5.74, 6) is -0.124. The topological polar surface area (TPSA) is 64.2 Å². The van der Waals surface area contributed by atoms with E-state index in [1.54, 1.807) is 18.7 Å². The summed E-state index contributed by atoms with van der Waals surface area (Å²) in [7, 11) is 0. The molecule has 1 aromatic heterocycles. The number of hydrogen-bond donors (Lipinski definition) is 1. The SMILES string of the molecule is Cc1nn(C(F)F)c(C)c1CC(=O)N1CCCc2c(N)cccc21.Cl. The number of aromatic nitrogens is 2. The number of fused-ring (bicyclic) bond motifs is 1. The highest BCUT2D eigenvalue weighted by molar-refractivity contribution is 5.97. The summed E-state index contributed by atoms with van der Waals surface area (Å²) in [5.41, 5.74) is 9.86. The zero-order valence-electron chi connectivity index (χ0n) is 14.1. The predicted molar refractivity (Wildman–Crippen MR) is 95.4 cm³/mol. The Bertz CT molecular complexity index is 791. The van der Waals surface area contributed by atoms with Crippen molar-refractivity contribution in [3.8, 4) is 0 Å². The first kappa shape index (κ1) is 19.2. The second kappa shape index (κ2) is 7.39. The number of nitrogens with zero attached hydrogens (tertiary/aromatic N) is 3. The Morgan fingerprint density at radius 1 is 1.36 bits per heavy atom. The molecule has 1 aromatic carbocycles. The van der Waals surface area contributed by atoms with Crippen molar-refractivity contribution in [2.45, 2.75) is 39.7 Å². The molecular weight excluding hydrogens is 350 g/mol. The number of benzene rings is 1. The lowest BCUT2D eigenvalue weighted by atomic mass is 9.99. The average molecular weight is 371 g/mol. The maximum Gasteiger partial charge on any atom is 0.333 e. The molecule has 1 aliphatic rings. The van der Waals surface area contributed by atoms with Crippen LogP contribution in [0.2, 0.25) is 0 Å². The van der Waals surface area contributed by atoms with E-state index < -0.39 is 6.55 Å². The molecule has 3 rings (SSSR count). The number of amides is 1. The number of aryl methyl sites for hydroxylation is 1. The molecule has 2 N–H and O–H groups in total. The van der Waals surface area contributed by atoms with E-state index in [1.165, 1.54) is 0 Å². The molecule has 0 aliphatic carbocycles. The van der Waals surface area contributed by atoms with Crippen LogP contribution in [-0.2, 0) is 17.6 Å². The van der Waals surface area contributed by atoms with Gasteiger partial charge < -0.3 is 10.6 Å². The van der Waals surface area contributed by atoms with Crippen molar-refractivity contribution in [2.24, 2.45) is 0 Å². The Balaban J connectivity index is 0.00000225. The molecule has 0 radical (unpaired) electrons. The summed E-state index contributed by atoms with van der Waals surface area (Å²) in [6.07, 6.45) is 1.73. The van der Waals surface area contributed by atoms with Gasteiger partial charge in [0.25, 0.3) is 0 Å². The van der Waals surface area contributed by atoms with E-state index in [9.17, 15) is 13.6 Å². The number of nitrogens with two attached hydrogens (primary N) is 1. The molecule has 0 bridgehead atoms. The van der Waals surface area contributed by atoms with Crippen molar-refractivity contribution >= 4 is 29.7 Å². The first-order chi connectivity index (χ1) is 11.4. The van der Waals surface area contributed by atoms with Gasteiger partial charge in [0.2, 0.25) is 5.91 Å². The van der Waals surface area contributed by atoms with E-state index in [-0.39, 0.29) is 24.7 Å². The summed E-state index contributed by atoms with van der Waals surface area (Å²) in [6.45, 7) is 1.12. The van der Waals surface area contributed by atoms with Crippen LogP contribution < -0.4 is 10.6 Å². The van der Waals surface area contributed by atoms with E-state index >= 15 is 0 Å². The zero-order valence-corrected chi connectivity index (χ0v) is 14.9. The molecule has 25 heavy (non-hydrogen) atoms. The number of carbonyl (C=O) groups excluding carboxylic acids is 1. The summed E-state index contributed by atoms with van der Waals surface area (Å²) < 4.78 is 26.6. The molecule has 0 atom stereocenters. The molecule has 8 heteroatoms. The third kappa shape index (κ3) is 3.46. The van der Waals surface area contributed by atoms with Crippen LogP contribution in [0.5, 0.6) is 0 Å². The van der Waals surface area contributed by atoms with Crippen molar-refractivity contribution in [3.05, 3.63) is 40.7 Å². The van der Waals surface area contributed by atoms with Crippen LogP contribution in [0.3, 0.4) is 0 Å². The fraction of sp³-hybridized carbons (Fsp3) is 0.412. The van der Waals surface area contributed by atoms with Gasteiger partial charge >= 0.3 is 6.55 Å². The van der Waals surface area contributed by atoms with Gasteiger partial charge in [-0.05, 0) is 44.4 Å². The fourth-order valence-electron chi connectivity index (χ4n) is 3.30. The van der Waals surface area contributed by atoms with Crippen LogP contribution in [0.15, 0.2) is 18.2 Å². The lowest BCUT2D eigenvalue weighted by molar-refractivity contribution is -0.118. The normalized spacial score (nSPS) is 13.6. The summed E-state index contributed by atoms with van der Waals surface area (Å²) in [4.78, 5) is 14.5. The lowest BCUT2D eigenvalue weighted by Crippen LogP contribution is -2.37.